The summed E-state index contributed by atoms with van der Waals surface area (Å²) in [5, 5.41) is 11.6. The zero-order valence-electron chi connectivity index (χ0n) is 22.3. The molecule has 0 unspecified atom stereocenters. The van der Waals surface area contributed by atoms with Crippen molar-refractivity contribution in [1.29, 1.82) is 0 Å². The number of nitrogens with zero attached hydrogens (tertiary/aromatic N) is 1. The Hall–Kier alpha value is -1.33. The molecule has 5 rings (SSSR count). The fourth-order valence-corrected chi connectivity index (χ4v) is 8.78. The lowest BCUT2D eigenvalue weighted by Gasteiger charge is -2.62. The molecule has 3 fully saturated rings. The first-order valence-electron chi connectivity index (χ1n) is 13.6. The van der Waals surface area contributed by atoms with Gasteiger partial charge in [0.15, 0.2) is 0 Å². The predicted molar refractivity (Wildman–Crippen MR) is 132 cm³/mol. The molecule has 34 heavy (non-hydrogen) atoms. The Balaban J connectivity index is 1.50. The van der Waals surface area contributed by atoms with Crippen molar-refractivity contribution >= 4 is 5.97 Å². The van der Waals surface area contributed by atoms with Crippen molar-refractivity contribution in [2.75, 3.05) is 13.1 Å². The molecule has 1 aromatic rings. The van der Waals surface area contributed by atoms with Crippen molar-refractivity contribution in [1.82, 2.24) is 4.90 Å². The van der Waals surface area contributed by atoms with Crippen LogP contribution in [0.1, 0.15) is 90.7 Å². The number of esters is 1. The lowest BCUT2D eigenvalue weighted by Crippen LogP contribution is -2.63. The summed E-state index contributed by atoms with van der Waals surface area (Å²) in [7, 11) is 0. The molecule has 190 valence electrons. The number of ether oxygens (including phenoxy) is 1. The van der Waals surface area contributed by atoms with Crippen molar-refractivity contribution in [3.05, 3.63) is 23.2 Å². The first-order valence-corrected chi connectivity index (χ1v) is 13.6. The highest BCUT2D eigenvalue weighted by molar-refractivity contribution is 5.82. The maximum atomic E-state index is 13.3. The van der Waals surface area contributed by atoms with Crippen LogP contribution in [0.15, 0.2) is 10.5 Å². The lowest BCUT2D eigenvalue weighted by molar-refractivity contribution is -0.203. The third-order valence-electron chi connectivity index (χ3n) is 9.61. The van der Waals surface area contributed by atoms with E-state index in [1.54, 1.807) is 0 Å². The number of fused-ring (bicyclic) bond motifs is 4. The molecule has 2 heterocycles. The highest BCUT2D eigenvalue weighted by Crippen LogP contribution is 2.67. The Labute approximate surface area is 205 Å². The molecule has 0 aromatic carbocycles. The molecular formula is C29H45NO4. The number of hydrogen-bond acceptors (Lipinski definition) is 5. The molecule has 0 spiro atoms. The highest BCUT2D eigenvalue weighted by atomic mass is 16.6. The number of aliphatic hydroxyl groups excluding tert-OH is 1. The molecule has 0 amide bonds. The quantitative estimate of drug-likeness (QED) is 0.563. The zero-order valence-corrected chi connectivity index (χ0v) is 22.3. The fraction of sp³-hybridized carbons (Fsp3) is 0.828. The van der Waals surface area contributed by atoms with Gasteiger partial charge in [-0.25, -0.2) is 0 Å². The summed E-state index contributed by atoms with van der Waals surface area (Å²) >= 11 is 0. The van der Waals surface area contributed by atoms with Crippen molar-refractivity contribution in [2.45, 2.75) is 98.8 Å². The largest absolute Gasteiger partial charge is 0.464 e. The number of furan rings is 1. The highest BCUT2D eigenvalue weighted by Gasteiger charge is 2.68. The molecule has 2 saturated carbocycles. The minimum absolute atomic E-state index is 0.0134. The Morgan fingerprint density at radius 1 is 1.12 bits per heavy atom. The van der Waals surface area contributed by atoms with Gasteiger partial charge in [0.25, 0.3) is 0 Å². The van der Waals surface area contributed by atoms with E-state index in [1.807, 2.05) is 0 Å². The molecule has 7 atom stereocenters. The molecule has 5 heteroatoms. The molecule has 3 aliphatic carbocycles. The summed E-state index contributed by atoms with van der Waals surface area (Å²) in [6.45, 7) is 18.8. The van der Waals surface area contributed by atoms with Crippen LogP contribution in [0.3, 0.4) is 0 Å². The van der Waals surface area contributed by atoms with Crippen LogP contribution in [0, 0.1) is 40.4 Å². The first-order chi connectivity index (χ1) is 15.9. The van der Waals surface area contributed by atoms with E-state index in [-0.39, 0.29) is 40.7 Å². The summed E-state index contributed by atoms with van der Waals surface area (Å²) in [6.07, 6.45) is 3.28. The second-order valence-electron chi connectivity index (χ2n) is 13.7. The van der Waals surface area contributed by atoms with Crippen LogP contribution in [0.25, 0.3) is 0 Å². The molecule has 4 aliphatic rings. The second-order valence-corrected chi connectivity index (χ2v) is 13.7. The van der Waals surface area contributed by atoms with Crippen molar-refractivity contribution in [3.63, 3.8) is 0 Å². The van der Waals surface area contributed by atoms with Gasteiger partial charge in [0.2, 0.25) is 0 Å². The van der Waals surface area contributed by atoms with Gasteiger partial charge in [0.05, 0.1) is 18.6 Å². The topological polar surface area (TPSA) is 62.9 Å². The minimum atomic E-state index is -0.587. The smallest absolute Gasteiger partial charge is 0.314 e. The molecule has 0 radical (unpaired) electrons. The third-order valence-corrected chi connectivity index (χ3v) is 9.61. The van der Waals surface area contributed by atoms with E-state index in [1.165, 1.54) is 6.42 Å². The molecule has 1 aliphatic heterocycles. The summed E-state index contributed by atoms with van der Waals surface area (Å²) in [5.74, 6) is 3.17. The molecular weight excluding hydrogens is 426 g/mol. The van der Waals surface area contributed by atoms with Crippen LogP contribution in [-0.2, 0) is 22.5 Å². The van der Waals surface area contributed by atoms with E-state index in [4.69, 9.17) is 9.15 Å². The maximum Gasteiger partial charge on any atom is 0.314 e. The normalized spacial score (nSPS) is 38.1. The van der Waals surface area contributed by atoms with Crippen molar-refractivity contribution in [2.24, 2.45) is 40.4 Å². The second kappa shape index (κ2) is 8.37. The van der Waals surface area contributed by atoms with E-state index in [9.17, 15) is 9.90 Å². The fourth-order valence-electron chi connectivity index (χ4n) is 8.78. The number of carbonyl (C=O) groups is 1. The number of hydrogen-bond donors (Lipinski definition) is 1. The van der Waals surface area contributed by atoms with Crippen molar-refractivity contribution < 1.29 is 19.1 Å². The summed E-state index contributed by atoms with van der Waals surface area (Å²) in [5.41, 5.74) is 1.05. The first kappa shape index (κ1) is 24.4. The van der Waals surface area contributed by atoms with Gasteiger partial charge in [0.1, 0.15) is 17.6 Å². The Kier molecular flexibility index (Phi) is 6.00. The summed E-state index contributed by atoms with van der Waals surface area (Å²) in [6, 6.07) is 2.14. The number of rotatable bonds is 6. The third kappa shape index (κ3) is 3.77. The summed E-state index contributed by atoms with van der Waals surface area (Å²) < 4.78 is 12.5. The average Bonchev–Trinajstić information content (AvgIpc) is 3.25. The Morgan fingerprint density at radius 3 is 2.44 bits per heavy atom. The Bertz CT molecular complexity index is 923. The van der Waals surface area contributed by atoms with Gasteiger partial charge >= 0.3 is 5.97 Å². The minimum Gasteiger partial charge on any atom is -0.464 e. The van der Waals surface area contributed by atoms with Crippen LogP contribution in [0.5, 0.6) is 0 Å². The van der Waals surface area contributed by atoms with Gasteiger partial charge in [-0.05, 0) is 53.4 Å². The lowest BCUT2D eigenvalue weighted by atomic mass is 9.42. The van der Waals surface area contributed by atoms with Crippen LogP contribution in [0.4, 0.5) is 0 Å². The van der Waals surface area contributed by atoms with Crippen molar-refractivity contribution in [3.8, 4) is 0 Å². The standard InChI is InChI=1S/C29H45NO4/c1-16(2)13-30(14-17(3)4)15-18-11-19-21(33-18)12-20-23-22(19)27(32)34-25(23)24(31)26-28(5,6)9-8-10-29(20,26)7/h11,16-17,20,22-26,31H,8-10,12-15H2,1-7H3/t20-,22+,23+,24-,25+,26-,29+/m0/s1. The van der Waals surface area contributed by atoms with E-state index in [2.05, 4.69) is 59.4 Å². The van der Waals surface area contributed by atoms with E-state index in [0.717, 1.165) is 56.0 Å². The van der Waals surface area contributed by atoms with Gasteiger partial charge < -0.3 is 14.3 Å². The summed E-state index contributed by atoms with van der Waals surface area (Å²) in [4.78, 5) is 15.7. The molecule has 5 nitrogen and oxygen atoms in total. The SMILES string of the molecule is CC(C)CN(Cc1cc2c(o1)C[C@H]1[C@H]3[C@@H](OC(=O)[C@H]23)[C@H](O)[C@H]2C(C)(C)CCC[C@]12C)CC(C)C. The average molecular weight is 472 g/mol. The van der Waals surface area contributed by atoms with Crippen LogP contribution < -0.4 is 0 Å². The number of aliphatic hydroxyl groups is 1. The van der Waals surface area contributed by atoms with E-state index < -0.39 is 6.10 Å². The van der Waals surface area contributed by atoms with Crippen LogP contribution in [0.2, 0.25) is 0 Å². The maximum absolute atomic E-state index is 13.3. The number of carbonyl (C=O) groups excluding carboxylic acids is 1. The van der Waals surface area contributed by atoms with E-state index >= 15 is 0 Å². The molecule has 1 saturated heterocycles. The van der Waals surface area contributed by atoms with Gasteiger partial charge in [-0.15, -0.1) is 0 Å². The van der Waals surface area contributed by atoms with Crippen LogP contribution in [-0.4, -0.2) is 41.3 Å². The zero-order chi connectivity index (χ0) is 24.6. The predicted octanol–water partition coefficient (Wildman–Crippen LogP) is 5.40. The van der Waals surface area contributed by atoms with Gasteiger partial charge in [-0.2, -0.15) is 0 Å². The van der Waals surface area contributed by atoms with Gasteiger partial charge in [-0.1, -0.05) is 54.9 Å². The molecule has 0 bridgehead atoms. The van der Waals surface area contributed by atoms with E-state index in [0.29, 0.717) is 17.8 Å². The monoisotopic (exact) mass is 471 g/mol. The van der Waals surface area contributed by atoms with Gasteiger partial charge in [-0.3, -0.25) is 9.69 Å². The Morgan fingerprint density at radius 2 is 1.79 bits per heavy atom. The molecule has 1 aromatic heterocycles. The van der Waals surface area contributed by atoms with Gasteiger partial charge in [0, 0.05) is 31.0 Å². The van der Waals surface area contributed by atoms with Crippen LogP contribution >= 0.6 is 0 Å². The molecule has 1 N–H and O–H groups in total.